The van der Waals surface area contributed by atoms with Crippen LogP contribution in [-0.4, -0.2) is 69.1 Å². The Kier molecular flexibility index (Phi) is 9.07. The molecule has 3 amide bonds. The number of hydrogen-bond acceptors (Lipinski definition) is 9. The highest BCUT2D eigenvalue weighted by molar-refractivity contribution is 7.90. The number of nitrogens with one attached hydrogen (secondary N) is 3. The van der Waals surface area contributed by atoms with Crippen LogP contribution in [-0.2, 0) is 29.0 Å². The summed E-state index contributed by atoms with van der Waals surface area (Å²) in [6, 6.07) is 2.23. The van der Waals surface area contributed by atoms with E-state index in [0.717, 1.165) is 6.26 Å². The van der Waals surface area contributed by atoms with Gasteiger partial charge in [0.25, 0.3) is 5.91 Å². The number of ether oxygens (including phenoxy) is 1. The van der Waals surface area contributed by atoms with E-state index in [-0.39, 0.29) is 24.2 Å². The molecule has 0 fully saturated rings. The highest BCUT2D eigenvalue weighted by atomic mass is 32.2. The molecule has 0 spiro atoms. The fourth-order valence-corrected chi connectivity index (χ4v) is 3.05. The molecule has 0 saturated carbocycles. The van der Waals surface area contributed by atoms with Gasteiger partial charge in [0.1, 0.15) is 23.8 Å². The molecule has 0 aromatic carbocycles. The van der Waals surface area contributed by atoms with E-state index in [9.17, 15) is 27.6 Å². The largest absolute Gasteiger partial charge is 0.467 e. The molecule has 12 nitrogen and oxygen atoms in total. The lowest BCUT2D eigenvalue weighted by atomic mass is 10.2. The van der Waals surface area contributed by atoms with Gasteiger partial charge in [-0.05, 0) is 26.0 Å². The first kappa shape index (κ1) is 25.5. The zero-order valence-corrected chi connectivity index (χ0v) is 18.2. The van der Waals surface area contributed by atoms with E-state index in [1.807, 2.05) is 0 Å². The average molecular weight is 453 g/mol. The molecule has 168 valence electrons. The van der Waals surface area contributed by atoms with E-state index in [2.05, 4.69) is 25.7 Å². The summed E-state index contributed by atoms with van der Waals surface area (Å²) in [5, 5.41) is 15.6. The van der Waals surface area contributed by atoms with Crippen molar-refractivity contribution in [3.8, 4) is 6.07 Å². The Bertz CT molecular complexity index is 1020. The summed E-state index contributed by atoms with van der Waals surface area (Å²) in [4.78, 5) is 51.1. The Morgan fingerprint density at radius 3 is 2.35 bits per heavy atom. The molecule has 2 atom stereocenters. The van der Waals surface area contributed by atoms with Crippen molar-refractivity contribution < 1.29 is 32.3 Å². The van der Waals surface area contributed by atoms with E-state index in [0.29, 0.717) is 0 Å². The second-order valence-corrected chi connectivity index (χ2v) is 8.41. The second-order valence-electron chi connectivity index (χ2n) is 6.48. The maximum atomic E-state index is 12.2. The van der Waals surface area contributed by atoms with Crippen molar-refractivity contribution >= 4 is 33.5 Å². The number of hydrogen-bond donors (Lipinski definition) is 3. The number of nitrogens with zero attached hydrogens (tertiary/aromatic N) is 2. The number of nitriles is 1. The minimum absolute atomic E-state index is 0.118. The summed E-state index contributed by atoms with van der Waals surface area (Å²) in [7, 11) is -2.64. The van der Waals surface area contributed by atoms with Crippen LogP contribution in [0, 0.1) is 11.3 Å². The van der Waals surface area contributed by atoms with E-state index in [1.54, 1.807) is 6.07 Å². The van der Waals surface area contributed by atoms with Crippen molar-refractivity contribution in [3.05, 3.63) is 23.4 Å². The van der Waals surface area contributed by atoms with Gasteiger partial charge in [0.2, 0.25) is 11.8 Å². The summed E-state index contributed by atoms with van der Waals surface area (Å²) in [6.07, 6.45) is 0.691. The van der Waals surface area contributed by atoms with Gasteiger partial charge < -0.3 is 20.7 Å². The van der Waals surface area contributed by atoms with Gasteiger partial charge in [-0.2, -0.15) is 5.26 Å². The predicted octanol–water partition coefficient (Wildman–Crippen LogP) is -1.34. The summed E-state index contributed by atoms with van der Waals surface area (Å²) < 4.78 is 27.9. The summed E-state index contributed by atoms with van der Waals surface area (Å²) in [5.74, 6) is -2.51. The van der Waals surface area contributed by atoms with E-state index in [4.69, 9.17) is 5.26 Å². The molecule has 13 heteroatoms. The third kappa shape index (κ3) is 7.67. The van der Waals surface area contributed by atoms with Crippen LogP contribution in [0.2, 0.25) is 0 Å². The summed E-state index contributed by atoms with van der Waals surface area (Å²) in [6.45, 7) is 2.73. The van der Waals surface area contributed by atoms with Crippen LogP contribution in [0.4, 0.5) is 0 Å². The zero-order valence-electron chi connectivity index (χ0n) is 17.4. The molecule has 1 heterocycles. The summed E-state index contributed by atoms with van der Waals surface area (Å²) >= 11 is 0. The molecule has 0 aliphatic carbocycles. The van der Waals surface area contributed by atoms with E-state index >= 15 is 0 Å². The highest BCUT2D eigenvalue weighted by Crippen LogP contribution is 2.13. The van der Waals surface area contributed by atoms with Gasteiger partial charge in [-0.1, -0.05) is 0 Å². The number of amides is 3. The maximum Gasteiger partial charge on any atom is 0.328 e. The van der Waals surface area contributed by atoms with Crippen molar-refractivity contribution in [2.75, 3.05) is 19.9 Å². The van der Waals surface area contributed by atoms with Crippen LogP contribution in [0.3, 0.4) is 0 Å². The maximum absolute atomic E-state index is 12.2. The van der Waals surface area contributed by atoms with Gasteiger partial charge in [0.15, 0.2) is 14.9 Å². The van der Waals surface area contributed by atoms with Crippen LogP contribution < -0.4 is 16.0 Å². The Balaban J connectivity index is 2.59. The fraction of sp³-hybridized carbons (Fsp3) is 0.444. The zero-order chi connectivity index (χ0) is 23.8. The van der Waals surface area contributed by atoms with Gasteiger partial charge in [0, 0.05) is 19.2 Å². The Hall–Kier alpha value is -3.53. The monoisotopic (exact) mass is 453 g/mol. The second kappa shape index (κ2) is 11.0. The number of rotatable bonds is 9. The standard InChI is InChI=1S/C18H23N5O7S/c1-10(15(25)22-11(2)18(27)30-3)21-14(24)7-8-20-16(26)13-6-5-12(9-19)17(23-13)31(4,28)29/h5-6,10-11H,7-8H2,1-4H3,(H,20,26)(H,21,24)(H,22,25)/t10-,11-/m0/s1. The SMILES string of the molecule is COC(=O)[C@H](C)NC(=O)[C@H](C)NC(=O)CCNC(=O)c1ccc(C#N)c(S(C)(=O)=O)n1. The van der Waals surface area contributed by atoms with Gasteiger partial charge in [-0.3, -0.25) is 14.4 Å². The van der Waals surface area contributed by atoms with Gasteiger partial charge in [0.05, 0.1) is 12.7 Å². The lowest BCUT2D eigenvalue weighted by molar-refractivity contribution is -0.144. The Morgan fingerprint density at radius 1 is 1.16 bits per heavy atom. The first-order chi connectivity index (χ1) is 14.4. The molecule has 1 rings (SSSR count). The molecular formula is C18H23N5O7S. The molecule has 0 saturated heterocycles. The van der Waals surface area contributed by atoms with Crippen molar-refractivity contribution in [2.45, 2.75) is 37.4 Å². The molecule has 31 heavy (non-hydrogen) atoms. The third-order valence-corrected chi connectivity index (χ3v) is 4.90. The number of pyridine rings is 1. The molecule has 0 aliphatic heterocycles. The minimum Gasteiger partial charge on any atom is -0.467 e. The molecule has 0 aliphatic rings. The minimum atomic E-state index is -3.82. The van der Waals surface area contributed by atoms with E-state index < -0.39 is 50.6 Å². The molecule has 3 N–H and O–H groups in total. The number of carbonyl (C=O) groups is 4. The Morgan fingerprint density at radius 2 is 1.81 bits per heavy atom. The number of sulfone groups is 1. The third-order valence-electron chi connectivity index (χ3n) is 3.89. The van der Waals surface area contributed by atoms with Crippen molar-refractivity contribution in [2.24, 2.45) is 0 Å². The van der Waals surface area contributed by atoms with Crippen molar-refractivity contribution in [3.63, 3.8) is 0 Å². The van der Waals surface area contributed by atoms with E-state index in [1.165, 1.54) is 33.1 Å². The van der Waals surface area contributed by atoms with Crippen LogP contribution in [0.5, 0.6) is 0 Å². The molecular weight excluding hydrogens is 430 g/mol. The first-order valence-electron chi connectivity index (χ1n) is 8.97. The lowest BCUT2D eigenvalue weighted by Crippen LogP contribution is -2.49. The first-order valence-corrected chi connectivity index (χ1v) is 10.9. The predicted molar refractivity (Wildman–Crippen MR) is 106 cm³/mol. The number of methoxy groups -OCH3 is 1. The smallest absolute Gasteiger partial charge is 0.328 e. The lowest BCUT2D eigenvalue weighted by Gasteiger charge is -2.17. The van der Waals surface area contributed by atoms with Crippen molar-refractivity contribution in [1.29, 1.82) is 5.26 Å². The summed E-state index contributed by atoms with van der Waals surface area (Å²) in [5.41, 5.74) is -0.420. The van der Waals surface area contributed by atoms with Crippen LogP contribution in [0.15, 0.2) is 17.2 Å². The van der Waals surface area contributed by atoms with Gasteiger partial charge in [-0.25, -0.2) is 18.2 Å². The van der Waals surface area contributed by atoms with Gasteiger partial charge in [-0.15, -0.1) is 0 Å². The number of esters is 1. The van der Waals surface area contributed by atoms with Gasteiger partial charge >= 0.3 is 5.97 Å². The van der Waals surface area contributed by atoms with Crippen LogP contribution in [0.1, 0.15) is 36.3 Å². The molecule has 0 bridgehead atoms. The normalized spacial score (nSPS) is 12.6. The fourth-order valence-electron chi connectivity index (χ4n) is 2.27. The van der Waals surface area contributed by atoms with Crippen LogP contribution >= 0.6 is 0 Å². The number of carbonyl (C=O) groups excluding carboxylic acids is 4. The van der Waals surface area contributed by atoms with Crippen molar-refractivity contribution in [1.82, 2.24) is 20.9 Å². The average Bonchev–Trinajstić information content (AvgIpc) is 2.71. The topological polar surface area (TPSA) is 184 Å². The molecule has 1 aromatic heterocycles. The van der Waals surface area contributed by atoms with Crippen LogP contribution in [0.25, 0.3) is 0 Å². The highest BCUT2D eigenvalue weighted by Gasteiger charge is 2.22. The number of aromatic nitrogens is 1. The Labute approximate surface area is 179 Å². The molecule has 0 unspecified atom stereocenters. The quantitative estimate of drug-likeness (QED) is 0.381. The molecule has 1 aromatic rings. The molecule has 0 radical (unpaired) electrons.